The third-order valence-corrected chi connectivity index (χ3v) is 3.55. The van der Waals surface area contributed by atoms with E-state index < -0.39 is 0 Å². The van der Waals surface area contributed by atoms with Gasteiger partial charge in [-0.2, -0.15) is 4.98 Å². The van der Waals surface area contributed by atoms with Crippen LogP contribution < -0.4 is 10.6 Å². The van der Waals surface area contributed by atoms with E-state index in [4.69, 9.17) is 10.2 Å². The Morgan fingerprint density at radius 1 is 1.56 bits per heavy atom. The molecule has 2 heterocycles. The van der Waals surface area contributed by atoms with Crippen LogP contribution in [-0.4, -0.2) is 24.1 Å². The molecule has 2 atom stereocenters. The van der Waals surface area contributed by atoms with Crippen LogP contribution in [0.5, 0.6) is 0 Å². The zero-order chi connectivity index (χ0) is 11.5. The van der Waals surface area contributed by atoms with Crippen LogP contribution in [0.3, 0.4) is 0 Å². The summed E-state index contributed by atoms with van der Waals surface area (Å²) in [6.45, 7) is 5.95. The van der Waals surface area contributed by atoms with E-state index in [1.165, 1.54) is 19.3 Å². The summed E-state index contributed by atoms with van der Waals surface area (Å²) in [4.78, 5) is 6.68. The predicted octanol–water partition coefficient (Wildman–Crippen LogP) is 1.94. The minimum Gasteiger partial charge on any atom is -0.432 e. The molecule has 2 rings (SSSR count). The lowest BCUT2D eigenvalue weighted by molar-refractivity contribution is 0.403. The maximum Gasteiger partial charge on any atom is 0.297 e. The molecule has 0 radical (unpaired) electrons. The maximum atomic E-state index is 5.83. The van der Waals surface area contributed by atoms with Crippen LogP contribution in [0.15, 0.2) is 10.7 Å². The van der Waals surface area contributed by atoms with Gasteiger partial charge in [-0.25, -0.2) is 0 Å². The van der Waals surface area contributed by atoms with Gasteiger partial charge in [-0.15, -0.1) is 0 Å². The van der Waals surface area contributed by atoms with E-state index in [-0.39, 0.29) is 0 Å². The van der Waals surface area contributed by atoms with Crippen LogP contribution in [0.4, 0.5) is 6.01 Å². The van der Waals surface area contributed by atoms with Crippen molar-refractivity contribution in [2.45, 2.75) is 39.2 Å². The van der Waals surface area contributed by atoms with Crippen molar-refractivity contribution in [1.29, 1.82) is 0 Å². The minimum atomic E-state index is 0.422. The average molecular weight is 223 g/mol. The van der Waals surface area contributed by atoms with E-state index in [0.717, 1.165) is 24.8 Å². The Morgan fingerprint density at radius 3 is 3.00 bits per heavy atom. The molecule has 0 saturated carbocycles. The molecule has 1 aromatic rings. The Labute approximate surface area is 96.8 Å². The molecule has 1 aromatic heterocycles. The first kappa shape index (κ1) is 11.5. The summed E-state index contributed by atoms with van der Waals surface area (Å²) >= 11 is 0. The second-order valence-electron chi connectivity index (χ2n) is 4.70. The lowest BCUT2D eigenvalue weighted by atomic mass is 9.96. The molecule has 0 aromatic carbocycles. The van der Waals surface area contributed by atoms with Gasteiger partial charge in [0.05, 0.1) is 5.69 Å². The summed E-state index contributed by atoms with van der Waals surface area (Å²) in [5, 5.41) is 0. The Hall–Kier alpha value is -1.03. The SMILES string of the molecule is Cc1coc(N2CCCC[C@H](CN)[C@H]2C)n1. The van der Waals surface area contributed by atoms with E-state index in [9.17, 15) is 0 Å². The molecule has 0 unspecified atom stereocenters. The van der Waals surface area contributed by atoms with E-state index in [0.29, 0.717) is 12.0 Å². The highest BCUT2D eigenvalue weighted by Crippen LogP contribution is 2.26. The number of hydrogen-bond donors (Lipinski definition) is 1. The van der Waals surface area contributed by atoms with Crippen molar-refractivity contribution in [3.63, 3.8) is 0 Å². The fraction of sp³-hybridized carbons (Fsp3) is 0.750. The van der Waals surface area contributed by atoms with Gasteiger partial charge in [-0.05, 0) is 39.2 Å². The van der Waals surface area contributed by atoms with Crippen molar-refractivity contribution in [2.75, 3.05) is 18.0 Å². The first-order valence-corrected chi connectivity index (χ1v) is 6.11. The molecule has 0 spiro atoms. The van der Waals surface area contributed by atoms with Crippen molar-refractivity contribution >= 4 is 6.01 Å². The van der Waals surface area contributed by atoms with Crippen LogP contribution in [-0.2, 0) is 0 Å². The standard InChI is InChI=1S/C12H21N3O/c1-9-8-16-12(14-9)15-6-4-3-5-11(7-13)10(15)2/h8,10-11H,3-7,13H2,1-2H3/t10-,11-/m1/s1. The molecule has 0 amide bonds. The fourth-order valence-corrected chi connectivity index (χ4v) is 2.45. The van der Waals surface area contributed by atoms with Gasteiger partial charge in [-0.3, -0.25) is 0 Å². The lowest BCUT2D eigenvalue weighted by Crippen LogP contribution is -2.40. The zero-order valence-corrected chi connectivity index (χ0v) is 10.1. The largest absolute Gasteiger partial charge is 0.432 e. The van der Waals surface area contributed by atoms with Crippen molar-refractivity contribution < 1.29 is 4.42 Å². The first-order chi connectivity index (χ1) is 7.72. The van der Waals surface area contributed by atoms with E-state index in [1.54, 1.807) is 6.26 Å². The number of oxazole rings is 1. The van der Waals surface area contributed by atoms with E-state index >= 15 is 0 Å². The highest BCUT2D eigenvalue weighted by molar-refractivity contribution is 5.29. The van der Waals surface area contributed by atoms with Crippen molar-refractivity contribution in [3.8, 4) is 0 Å². The molecule has 0 aliphatic carbocycles. The van der Waals surface area contributed by atoms with Crippen molar-refractivity contribution in [3.05, 3.63) is 12.0 Å². The zero-order valence-electron chi connectivity index (χ0n) is 10.1. The maximum absolute atomic E-state index is 5.83. The molecular weight excluding hydrogens is 202 g/mol. The number of nitrogens with zero attached hydrogens (tertiary/aromatic N) is 2. The van der Waals surface area contributed by atoms with Gasteiger partial charge in [0.2, 0.25) is 0 Å². The predicted molar refractivity (Wildman–Crippen MR) is 64.4 cm³/mol. The van der Waals surface area contributed by atoms with E-state index in [2.05, 4.69) is 16.8 Å². The molecule has 1 aliphatic heterocycles. The van der Waals surface area contributed by atoms with Gasteiger partial charge >= 0.3 is 0 Å². The molecule has 4 heteroatoms. The van der Waals surface area contributed by atoms with Crippen LogP contribution in [0.25, 0.3) is 0 Å². The summed E-state index contributed by atoms with van der Waals surface area (Å²) in [7, 11) is 0. The number of nitrogens with two attached hydrogens (primary N) is 1. The van der Waals surface area contributed by atoms with Crippen LogP contribution in [0, 0.1) is 12.8 Å². The second-order valence-corrected chi connectivity index (χ2v) is 4.70. The summed E-state index contributed by atoms with van der Waals surface area (Å²) in [5.74, 6) is 0.551. The van der Waals surface area contributed by atoms with Crippen molar-refractivity contribution in [1.82, 2.24) is 4.98 Å². The number of hydrogen-bond acceptors (Lipinski definition) is 4. The first-order valence-electron chi connectivity index (χ1n) is 6.11. The Morgan fingerprint density at radius 2 is 2.38 bits per heavy atom. The molecule has 16 heavy (non-hydrogen) atoms. The fourth-order valence-electron chi connectivity index (χ4n) is 2.45. The molecular formula is C12H21N3O. The molecule has 2 N–H and O–H groups in total. The molecule has 90 valence electrons. The van der Waals surface area contributed by atoms with Crippen LogP contribution >= 0.6 is 0 Å². The monoisotopic (exact) mass is 223 g/mol. The Balaban J connectivity index is 2.18. The van der Waals surface area contributed by atoms with Gasteiger partial charge in [-0.1, -0.05) is 6.42 Å². The third-order valence-electron chi connectivity index (χ3n) is 3.55. The molecule has 1 saturated heterocycles. The van der Waals surface area contributed by atoms with Crippen LogP contribution in [0.1, 0.15) is 31.9 Å². The molecule has 1 fully saturated rings. The highest BCUT2D eigenvalue weighted by Gasteiger charge is 2.27. The Kier molecular flexibility index (Phi) is 3.49. The quantitative estimate of drug-likeness (QED) is 0.832. The topological polar surface area (TPSA) is 55.3 Å². The highest BCUT2D eigenvalue weighted by atomic mass is 16.4. The number of aryl methyl sites for hydroxylation is 1. The average Bonchev–Trinajstić information content (AvgIpc) is 2.60. The van der Waals surface area contributed by atoms with Gasteiger partial charge in [0.15, 0.2) is 0 Å². The Bertz CT molecular complexity index is 337. The smallest absolute Gasteiger partial charge is 0.297 e. The van der Waals surface area contributed by atoms with Crippen molar-refractivity contribution in [2.24, 2.45) is 11.7 Å². The summed E-state index contributed by atoms with van der Waals surface area (Å²) in [6.07, 6.45) is 5.38. The van der Waals surface area contributed by atoms with E-state index in [1.807, 2.05) is 6.92 Å². The number of aromatic nitrogens is 1. The molecule has 1 aliphatic rings. The molecule has 4 nitrogen and oxygen atoms in total. The van der Waals surface area contributed by atoms with Crippen LogP contribution in [0.2, 0.25) is 0 Å². The number of rotatable bonds is 2. The molecule has 0 bridgehead atoms. The normalized spacial score (nSPS) is 26.8. The van der Waals surface area contributed by atoms with Gasteiger partial charge in [0.25, 0.3) is 6.01 Å². The lowest BCUT2D eigenvalue weighted by Gasteiger charge is -2.30. The second kappa shape index (κ2) is 4.87. The van der Waals surface area contributed by atoms with Gasteiger partial charge < -0.3 is 15.1 Å². The summed E-state index contributed by atoms with van der Waals surface area (Å²) in [6, 6.07) is 1.18. The number of anilines is 1. The third kappa shape index (κ3) is 2.21. The summed E-state index contributed by atoms with van der Waals surface area (Å²) < 4.78 is 5.50. The van der Waals surface area contributed by atoms with Gasteiger partial charge in [0.1, 0.15) is 6.26 Å². The van der Waals surface area contributed by atoms with Gasteiger partial charge in [0, 0.05) is 12.6 Å². The summed E-state index contributed by atoms with van der Waals surface area (Å²) in [5.41, 5.74) is 6.77. The minimum absolute atomic E-state index is 0.422.